The topological polar surface area (TPSA) is 40.6 Å². The SMILES string of the molecule is O=C(c1ccccc1F)N1CCN(C(=O)c2ccc(F)cc2Cl)CC1. The Morgan fingerprint density at radius 1 is 0.840 bits per heavy atom. The Morgan fingerprint density at radius 3 is 1.96 bits per heavy atom. The van der Waals surface area contributed by atoms with Crippen LogP contribution in [0.25, 0.3) is 0 Å². The van der Waals surface area contributed by atoms with E-state index >= 15 is 0 Å². The van der Waals surface area contributed by atoms with Crippen molar-refractivity contribution in [3.63, 3.8) is 0 Å². The van der Waals surface area contributed by atoms with Crippen molar-refractivity contribution in [2.75, 3.05) is 26.2 Å². The molecule has 0 aliphatic carbocycles. The van der Waals surface area contributed by atoms with Gasteiger partial charge in [0.25, 0.3) is 11.8 Å². The van der Waals surface area contributed by atoms with Gasteiger partial charge < -0.3 is 9.80 Å². The van der Waals surface area contributed by atoms with Crippen molar-refractivity contribution in [3.8, 4) is 0 Å². The Labute approximate surface area is 148 Å². The molecule has 7 heteroatoms. The molecule has 0 saturated carbocycles. The average molecular weight is 365 g/mol. The highest BCUT2D eigenvalue weighted by molar-refractivity contribution is 6.33. The molecule has 1 aliphatic heterocycles. The minimum Gasteiger partial charge on any atom is -0.335 e. The van der Waals surface area contributed by atoms with Crippen molar-refractivity contribution >= 4 is 23.4 Å². The molecule has 2 aromatic carbocycles. The normalized spacial score (nSPS) is 14.5. The Bertz CT molecular complexity index is 820. The van der Waals surface area contributed by atoms with Crippen molar-refractivity contribution in [2.24, 2.45) is 0 Å². The minimum absolute atomic E-state index is 0.0175. The predicted octanol–water partition coefficient (Wildman–Crippen LogP) is 3.22. The molecule has 2 aromatic rings. The monoisotopic (exact) mass is 364 g/mol. The van der Waals surface area contributed by atoms with Crippen LogP contribution in [0.15, 0.2) is 42.5 Å². The van der Waals surface area contributed by atoms with Crippen LogP contribution in [0, 0.1) is 11.6 Å². The average Bonchev–Trinajstić information content (AvgIpc) is 2.61. The van der Waals surface area contributed by atoms with Gasteiger partial charge in [0.2, 0.25) is 0 Å². The molecule has 130 valence electrons. The standard InChI is InChI=1S/C18H15ClF2N2O2/c19-15-11-12(20)5-6-13(15)17(24)22-7-9-23(10-8-22)18(25)14-3-1-2-4-16(14)21/h1-6,11H,7-10H2. The second-order valence-corrected chi connectivity index (χ2v) is 6.10. The maximum Gasteiger partial charge on any atom is 0.256 e. The van der Waals surface area contributed by atoms with E-state index in [1.807, 2.05) is 0 Å². The van der Waals surface area contributed by atoms with Crippen molar-refractivity contribution in [2.45, 2.75) is 0 Å². The van der Waals surface area contributed by atoms with Crippen LogP contribution in [0.4, 0.5) is 8.78 Å². The van der Waals surface area contributed by atoms with E-state index in [-0.39, 0.29) is 35.1 Å². The summed E-state index contributed by atoms with van der Waals surface area (Å²) in [5, 5.41) is 0.0508. The van der Waals surface area contributed by atoms with Gasteiger partial charge in [-0.15, -0.1) is 0 Å². The first kappa shape index (κ1) is 17.4. The van der Waals surface area contributed by atoms with Crippen molar-refractivity contribution < 1.29 is 18.4 Å². The highest BCUT2D eigenvalue weighted by Crippen LogP contribution is 2.20. The molecule has 3 rings (SSSR count). The van der Waals surface area contributed by atoms with Gasteiger partial charge in [-0.2, -0.15) is 0 Å². The Hall–Kier alpha value is -2.47. The molecule has 0 N–H and O–H groups in total. The fourth-order valence-corrected chi connectivity index (χ4v) is 3.00. The lowest BCUT2D eigenvalue weighted by Gasteiger charge is -2.35. The van der Waals surface area contributed by atoms with E-state index < -0.39 is 17.5 Å². The molecular weight excluding hydrogens is 350 g/mol. The van der Waals surface area contributed by atoms with E-state index in [4.69, 9.17) is 11.6 Å². The molecule has 2 amide bonds. The third-order valence-corrected chi connectivity index (χ3v) is 4.43. The van der Waals surface area contributed by atoms with E-state index in [2.05, 4.69) is 0 Å². The number of hydrogen-bond donors (Lipinski definition) is 0. The number of piperazine rings is 1. The molecule has 1 saturated heterocycles. The molecule has 1 heterocycles. The molecular formula is C18H15ClF2N2O2. The second-order valence-electron chi connectivity index (χ2n) is 5.69. The molecule has 0 spiro atoms. The van der Waals surface area contributed by atoms with Gasteiger partial charge in [-0.1, -0.05) is 23.7 Å². The predicted molar refractivity (Wildman–Crippen MR) is 89.6 cm³/mol. The van der Waals surface area contributed by atoms with Crippen LogP contribution >= 0.6 is 11.6 Å². The Morgan fingerprint density at radius 2 is 1.40 bits per heavy atom. The number of carbonyl (C=O) groups is 2. The van der Waals surface area contributed by atoms with E-state index in [1.54, 1.807) is 11.0 Å². The summed E-state index contributed by atoms with van der Waals surface area (Å²) in [6.45, 7) is 1.18. The lowest BCUT2D eigenvalue weighted by atomic mass is 10.1. The van der Waals surface area contributed by atoms with Crippen LogP contribution in [-0.2, 0) is 0 Å². The van der Waals surface area contributed by atoms with E-state index in [9.17, 15) is 18.4 Å². The van der Waals surface area contributed by atoms with Gasteiger partial charge in [0, 0.05) is 26.2 Å². The van der Waals surface area contributed by atoms with Gasteiger partial charge in [-0.05, 0) is 30.3 Å². The van der Waals surface area contributed by atoms with Crippen LogP contribution in [0.1, 0.15) is 20.7 Å². The Balaban J connectivity index is 1.66. The van der Waals surface area contributed by atoms with Crippen LogP contribution in [0.2, 0.25) is 5.02 Å². The summed E-state index contributed by atoms with van der Waals surface area (Å²) in [5.41, 5.74) is 0.237. The first-order chi connectivity index (χ1) is 12.0. The third kappa shape index (κ3) is 3.64. The van der Waals surface area contributed by atoms with Crippen LogP contribution in [0.3, 0.4) is 0 Å². The van der Waals surface area contributed by atoms with Gasteiger partial charge in [-0.3, -0.25) is 9.59 Å². The summed E-state index contributed by atoms with van der Waals surface area (Å²) >= 11 is 5.93. The van der Waals surface area contributed by atoms with Crippen molar-refractivity contribution in [1.82, 2.24) is 9.80 Å². The first-order valence-electron chi connectivity index (χ1n) is 7.75. The summed E-state index contributed by atoms with van der Waals surface area (Å²) in [5.74, 6) is -1.79. The van der Waals surface area contributed by atoms with Crippen molar-refractivity contribution in [1.29, 1.82) is 0 Å². The Kier molecular flexibility index (Phi) is 4.99. The zero-order valence-corrected chi connectivity index (χ0v) is 14.0. The van der Waals surface area contributed by atoms with Gasteiger partial charge >= 0.3 is 0 Å². The van der Waals surface area contributed by atoms with Crippen LogP contribution < -0.4 is 0 Å². The zero-order chi connectivity index (χ0) is 18.0. The zero-order valence-electron chi connectivity index (χ0n) is 13.2. The van der Waals surface area contributed by atoms with Gasteiger partial charge in [0.15, 0.2) is 0 Å². The molecule has 0 unspecified atom stereocenters. The summed E-state index contributed by atoms with van der Waals surface area (Å²) in [4.78, 5) is 27.9. The number of hydrogen-bond acceptors (Lipinski definition) is 2. The van der Waals surface area contributed by atoms with E-state index in [0.717, 1.165) is 6.07 Å². The lowest BCUT2D eigenvalue weighted by Crippen LogP contribution is -2.50. The van der Waals surface area contributed by atoms with Crippen LogP contribution in [-0.4, -0.2) is 47.8 Å². The highest BCUT2D eigenvalue weighted by Gasteiger charge is 2.27. The molecule has 0 atom stereocenters. The summed E-state index contributed by atoms with van der Waals surface area (Å²) in [6.07, 6.45) is 0. The van der Waals surface area contributed by atoms with Crippen LogP contribution in [0.5, 0.6) is 0 Å². The third-order valence-electron chi connectivity index (χ3n) is 4.12. The molecule has 1 aliphatic rings. The molecule has 0 aromatic heterocycles. The molecule has 1 fully saturated rings. The number of nitrogens with zero attached hydrogens (tertiary/aromatic N) is 2. The number of benzene rings is 2. The number of carbonyl (C=O) groups excluding carboxylic acids is 2. The van der Waals surface area contributed by atoms with Gasteiger partial charge in [-0.25, -0.2) is 8.78 Å². The highest BCUT2D eigenvalue weighted by atomic mass is 35.5. The quantitative estimate of drug-likeness (QED) is 0.821. The lowest BCUT2D eigenvalue weighted by molar-refractivity contribution is 0.0533. The first-order valence-corrected chi connectivity index (χ1v) is 8.13. The molecule has 4 nitrogen and oxygen atoms in total. The summed E-state index contributed by atoms with van der Waals surface area (Å²) in [6, 6.07) is 9.42. The summed E-state index contributed by atoms with van der Waals surface area (Å²) in [7, 11) is 0. The maximum atomic E-state index is 13.7. The molecule has 25 heavy (non-hydrogen) atoms. The number of amides is 2. The fourth-order valence-electron chi connectivity index (χ4n) is 2.75. The molecule has 0 radical (unpaired) electrons. The minimum atomic E-state index is -0.566. The van der Waals surface area contributed by atoms with Crippen molar-refractivity contribution in [3.05, 3.63) is 70.2 Å². The second kappa shape index (κ2) is 7.19. The number of halogens is 3. The van der Waals surface area contributed by atoms with Gasteiger partial charge in [0.1, 0.15) is 11.6 Å². The van der Waals surface area contributed by atoms with E-state index in [0.29, 0.717) is 13.1 Å². The van der Waals surface area contributed by atoms with Gasteiger partial charge in [0.05, 0.1) is 16.1 Å². The fraction of sp³-hybridized carbons (Fsp3) is 0.222. The largest absolute Gasteiger partial charge is 0.335 e. The maximum absolute atomic E-state index is 13.7. The number of rotatable bonds is 2. The smallest absolute Gasteiger partial charge is 0.256 e. The van der Waals surface area contributed by atoms with E-state index in [1.165, 1.54) is 35.2 Å². The summed E-state index contributed by atoms with van der Waals surface area (Å²) < 4.78 is 26.8. The molecule has 0 bridgehead atoms.